The minimum absolute atomic E-state index is 0.0176. The SMILES string of the molecule is COc1cc(N)c(C(=O)OCC(=O)c2ccc(C)cc2)cc1C#N. The average molecular weight is 324 g/mol. The summed E-state index contributed by atoms with van der Waals surface area (Å²) >= 11 is 0. The van der Waals surface area contributed by atoms with Crippen LogP contribution in [-0.4, -0.2) is 25.5 Å². The largest absolute Gasteiger partial charge is 0.495 e. The lowest BCUT2D eigenvalue weighted by Gasteiger charge is -2.10. The van der Waals surface area contributed by atoms with Crippen molar-refractivity contribution in [1.29, 1.82) is 5.26 Å². The van der Waals surface area contributed by atoms with Crippen LogP contribution in [0.1, 0.15) is 31.8 Å². The highest BCUT2D eigenvalue weighted by atomic mass is 16.5. The summed E-state index contributed by atoms with van der Waals surface area (Å²) in [5.74, 6) is -0.828. The Bertz CT molecular complexity index is 820. The van der Waals surface area contributed by atoms with E-state index in [0.29, 0.717) is 5.56 Å². The van der Waals surface area contributed by atoms with Crippen LogP contribution in [0.3, 0.4) is 0 Å². The van der Waals surface area contributed by atoms with Gasteiger partial charge in [-0.2, -0.15) is 5.26 Å². The van der Waals surface area contributed by atoms with E-state index in [0.717, 1.165) is 5.56 Å². The summed E-state index contributed by atoms with van der Waals surface area (Å²) in [6.07, 6.45) is 0. The number of benzene rings is 2. The first kappa shape index (κ1) is 17.0. The maximum Gasteiger partial charge on any atom is 0.340 e. The van der Waals surface area contributed by atoms with Gasteiger partial charge in [0.2, 0.25) is 0 Å². The number of rotatable bonds is 5. The van der Waals surface area contributed by atoms with Crippen molar-refractivity contribution in [2.24, 2.45) is 0 Å². The standard InChI is InChI=1S/C18H16N2O4/c1-11-3-5-12(6-4-11)16(21)10-24-18(22)14-7-13(9-19)17(23-2)8-15(14)20/h3-8H,10,20H2,1-2H3. The lowest BCUT2D eigenvalue weighted by Crippen LogP contribution is -2.15. The van der Waals surface area contributed by atoms with E-state index in [1.165, 1.54) is 19.2 Å². The van der Waals surface area contributed by atoms with Crippen LogP contribution in [-0.2, 0) is 4.74 Å². The van der Waals surface area contributed by atoms with Crippen LogP contribution in [0.5, 0.6) is 5.75 Å². The van der Waals surface area contributed by atoms with Crippen LogP contribution in [0.15, 0.2) is 36.4 Å². The van der Waals surface area contributed by atoms with Gasteiger partial charge < -0.3 is 15.2 Å². The van der Waals surface area contributed by atoms with Gasteiger partial charge in [0.25, 0.3) is 0 Å². The fourth-order valence-corrected chi connectivity index (χ4v) is 2.06. The summed E-state index contributed by atoms with van der Waals surface area (Å²) in [6, 6.07) is 11.5. The maximum absolute atomic E-state index is 12.1. The smallest absolute Gasteiger partial charge is 0.340 e. The molecule has 0 atom stereocenters. The second-order valence-corrected chi connectivity index (χ2v) is 5.12. The van der Waals surface area contributed by atoms with Crippen LogP contribution in [0.2, 0.25) is 0 Å². The van der Waals surface area contributed by atoms with Crippen molar-refractivity contribution >= 4 is 17.4 Å². The molecule has 0 aromatic heterocycles. The molecule has 6 heteroatoms. The monoisotopic (exact) mass is 324 g/mol. The molecule has 2 aromatic carbocycles. The fraction of sp³-hybridized carbons (Fsp3) is 0.167. The van der Waals surface area contributed by atoms with E-state index in [1.807, 2.05) is 13.0 Å². The van der Waals surface area contributed by atoms with Gasteiger partial charge in [0, 0.05) is 17.3 Å². The highest BCUT2D eigenvalue weighted by Crippen LogP contribution is 2.25. The zero-order valence-corrected chi connectivity index (χ0v) is 13.3. The molecule has 0 unspecified atom stereocenters. The molecular formula is C18H16N2O4. The first-order valence-electron chi connectivity index (χ1n) is 7.11. The average Bonchev–Trinajstić information content (AvgIpc) is 2.59. The van der Waals surface area contributed by atoms with E-state index in [2.05, 4.69) is 0 Å². The van der Waals surface area contributed by atoms with E-state index in [-0.39, 0.29) is 28.3 Å². The summed E-state index contributed by atoms with van der Waals surface area (Å²) in [6.45, 7) is 1.50. The van der Waals surface area contributed by atoms with Gasteiger partial charge in [-0.3, -0.25) is 4.79 Å². The van der Waals surface area contributed by atoms with Crippen molar-refractivity contribution in [3.8, 4) is 11.8 Å². The van der Waals surface area contributed by atoms with E-state index < -0.39 is 12.6 Å². The lowest BCUT2D eigenvalue weighted by atomic mass is 10.1. The number of carbonyl (C=O) groups excluding carboxylic acids is 2. The Balaban J connectivity index is 2.11. The predicted molar refractivity (Wildman–Crippen MR) is 87.9 cm³/mol. The number of nitrogens with two attached hydrogens (primary N) is 1. The Hall–Kier alpha value is -3.33. The lowest BCUT2D eigenvalue weighted by molar-refractivity contribution is 0.0475. The molecule has 24 heavy (non-hydrogen) atoms. The van der Waals surface area contributed by atoms with E-state index in [1.54, 1.807) is 24.3 Å². The van der Waals surface area contributed by atoms with Crippen molar-refractivity contribution in [3.05, 3.63) is 58.7 Å². The summed E-state index contributed by atoms with van der Waals surface area (Å²) in [5.41, 5.74) is 7.54. The third-order valence-electron chi connectivity index (χ3n) is 3.42. The zero-order chi connectivity index (χ0) is 17.7. The summed E-state index contributed by atoms with van der Waals surface area (Å²) in [7, 11) is 1.40. The molecule has 0 aliphatic carbocycles. The number of aryl methyl sites for hydroxylation is 1. The number of carbonyl (C=O) groups is 2. The van der Waals surface area contributed by atoms with Gasteiger partial charge >= 0.3 is 5.97 Å². The number of anilines is 1. The normalized spacial score (nSPS) is 9.88. The molecule has 2 aromatic rings. The molecule has 2 N–H and O–H groups in total. The first-order valence-corrected chi connectivity index (χ1v) is 7.11. The molecule has 0 saturated carbocycles. The Morgan fingerprint density at radius 3 is 2.46 bits per heavy atom. The molecule has 0 spiro atoms. The van der Waals surface area contributed by atoms with Gasteiger partial charge in [-0.05, 0) is 13.0 Å². The van der Waals surface area contributed by atoms with Crippen LogP contribution in [0.4, 0.5) is 5.69 Å². The van der Waals surface area contributed by atoms with Gasteiger partial charge in [-0.1, -0.05) is 29.8 Å². The molecule has 0 bridgehead atoms. The molecule has 0 radical (unpaired) electrons. The van der Waals surface area contributed by atoms with Gasteiger partial charge in [0.1, 0.15) is 11.8 Å². The molecule has 0 fully saturated rings. The Morgan fingerprint density at radius 2 is 1.88 bits per heavy atom. The molecule has 0 aliphatic heterocycles. The topological polar surface area (TPSA) is 102 Å². The predicted octanol–water partition coefficient (Wildman–Crippen LogP) is 2.50. The molecule has 122 valence electrons. The number of nitriles is 1. The Morgan fingerprint density at radius 1 is 1.21 bits per heavy atom. The number of hydrogen-bond acceptors (Lipinski definition) is 6. The Kier molecular flexibility index (Phi) is 5.17. The molecule has 6 nitrogen and oxygen atoms in total. The highest BCUT2D eigenvalue weighted by molar-refractivity contribution is 6.01. The van der Waals surface area contributed by atoms with Crippen LogP contribution >= 0.6 is 0 Å². The molecule has 0 heterocycles. The molecular weight excluding hydrogens is 308 g/mol. The van der Waals surface area contributed by atoms with Gasteiger partial charge in [0.05, 0.1) is 18.2 Å². The number of nitrogens with zero attached hydrogens (tertiary/aromatic N) is 1. The number of ketones is 1. The molecule has 2 rings (SSSR count). The second kappa shape index (κ2) is 7.29. The molecule has 0 amide bonds. The van der Waals surface area contributed by atoms with Crippen molar-refractivity contribution in [3.63, 3.8) is 0 Å². The van der Waals surface area contributed by atoms with Crippen LogP contribution in [0.25, 0.3) is 0 Å². The summed E-state index contributed by atoms with van der Waals surface area (Å²) in [4.78, 5) is 24.1. The number of methoxy groups -OCH3 is 1. The van der Waals surface area contributed by atoms with Crippen molar-refractivity contribution in [1.82, 2.24) is 0 Å². The zero-order valence-electron chi connectivity index (χ0n) is 13.3. The molecule has 0 saturated heterocycles. The van der Waals surface area contributed by atoms with Crippen LogP contribution in [0, 0.1) is 18.3 Å². The fourth-order valence-electron chi connectivity index (χ4n) is 2.06. The van der Waals surface area contributed by atoms with Crippen molar-refractivity contribution < 1.29 is 19.1 Å². The summed E-state index contributed by atoms with van der Waals surface area (Å²) in [5, 5.41) is 9.06. The third-order valence-corrected chi connectivity index (χ3v) is 3.42. The van der Waals surface area contributed by atoms with Crippen molar-refractivity contribution in [2.45, 2.75) is 6.92 Å². The number of esters is 1. The minimum Gasteiger partial charge on any atom is -0.495 e. The minimum atomic E-state index is -0.771. The number of nitrogen functional groups attached to an aromatic ring is 1. The van der Waals surface area contributed by atoms with Gasteiger partial charge in [-0.25, -0.2) is 4.79 Å². The summed E-state index contributed by atoms with van der Waals surface area (Å²) < 4.78 is 10.0. The third kappa shape index (κ3) is 3.70. The number of ether oxygens (including phenoxy) is 2. The first-order chi connectivity index (χ1) is 11.5. The number of hydrogen-bond donors (Lipinski definition) is 1. The van der Waals surface area contributed by atoms with E-state index in [4.69, 9.17) is 20.5 Å². The molecule has 0 aliphatic rings. The van der Waals surface area contributed by atoms with Gasteiger partial charge in [-0.15, -0.1) is 0 Å². The van der Waals surface area contributed by atoms with E-state index >= 15 is 0 Å². The second-order valence-electron chi connectivity index (χ2n) is 5.12. The number of Topliss-reactive ketones (excluding diaryl/α,β-unsaturated/α-hetero) is 1. The van der Waals surface area contributed by atoms with Crippen molar-refractivity contribution in [2.75, 3.05) is 19.5 Å². The maximum atomic E-state index is 12.1. The highest BCUT2D eigenvalue weighted by Gasteiger charge is 2.17. The van der Waals surface area contributed by atoms with Crippen LogP contribution < -0.4 is 10.5 Å². The Labute approximate surface area is 139 Å². The van der Waals surface area contributed by atoms with E-state index in [9.17, 15) is 9.59 Å². The quantitative estimate of drug-likeness (QED) is 0.515. The van der Waals surface area contributed by atoms with Gasteiger partial charge in [0.15, 0.2) is 12.4 Å².